The summed E-state index contributed by atoms with van der Waals surface area (Å²) in [5.41, 5.74) is 6.94. The maximum Gasteiger partial charge on any atom is 0.257 e. The molecular formula is C16H25N3O2. The van der Waals surface area contributed by atoms with Crippen LogP contribution in [-0.2, 0) is 0 Å². The highest BCUT2D eigenvalue weighted by Crippen LogP contribution is 2.20. The van der Waals surface area contributed by atoms with Crippen LogP contribution in [0, 0.1) is 6.92 Å². The van der Waals surface area contributed by atoms with E-state index in [0.29, 0.717) is 18.7 Å². The SMILES string of the molecule is Cc1ccc(O)c(C(=O)N2CCCN(CCCN)CC2)c1. The number of benzene rings is 1. The number of hydrogen-bond acceptors (Lipinski definition) is 4. The quantitative estimate of drug-likeness (QED) is 0.874. The van der Waals surface area contributed by atoms with Crippen LogP contribution in [0.25, 0.3) is 0 Å². The zero-order valence-corrected chi connectivity index (χ0v) is 12.7. The van der Waals surface area contributed by atoms with Gasteiger partial charge in [0, 0.05) is 19.6 Å². The molecule has 1 aromatic rings. The molecule has 1 aromatic carbocycles. The van der Waals surface area contributed by atoms with Crippen molar-refractivity contribution in [1.82, 2.24) is 9.80 Å². The molecule has 21 heavy (non-hydrogen) atoms. The Kier molecular flexibility index (Phi) is 5.59. The first-order valence-electron chi connectivity index (χ1n) is 7.63. The summed E-state index contributed by atoms with van der Waals surface area (Å²) in [6.45, 7) is 6.95. The van der Waals surface area contributed by atoms with Gasteiger partial charge in [0.1, 0.15) is 5.75 Å². The Hall–Kier alpha value is -1.59. The molecule has 3 N–H and O–H groups in total. The smallest absolute Gasteiger partial charge is 0.257 e. The molecule has 0 bridgehead atoms. The van der Waals surface area contributed by atoms with Crippen LogP contribution in [0.15, 0.2) is 18.2 Å². The van der Waals surface area contributed by atoms with Crippen LogP contribution in [0.3, 0.4) is 0 Å². The zero-order chi connectivity index (χ0) is 15.2. The van der Waals surface area contributed by atoms with E-state index in [-0.39, 0.29) is 11.7 Å². The molecule has 1 aliphatic rings. The number of phenols is 1. The van der Waals surface area contributed by atoms with Crippen molar-refractivity contribution < 1.29 is 9.90 Å². The summed E-state index contributed by atoms with van der Waals surface area (Å²) in [6, 6.07) is 5.16. The molecule has 1 fully saturated rings. The lowest BCUT2D eigenvalue weighted by Gasteiger charge is -2.22. The second-order valence-corrected chi connectivity index (χ2v) is 5.65. The maximum atomic E-state index is 12.6. The van der Waals surface area contributed by atoms with Gasteiger partial charge in [-0.2, -0.15) is 0 Å². The first-order valence-corrected chi connectivity index (χ1v) is 7.63. The summed E-state index contributed by atoms with van der Waals surface area (Å²) in [4.78, 5) is 16.8. The predicted octanol–water partition coefficient (Wildman–Crippen LogP) is 1.20. The van der Waals surface area contributed by atoms with E-state index in [4.69, 9.17) is 5.73 Å². The summed E-state index contributed by atoms with van der Waals surface area (Å²) >= 11 is 0. The van der Waals surface area contributed by atoms with E-state index in [1.807, 2.05) is 17.9 Å². The summed E-state index contributed by atoms with van der Waals surface area (Å²) in [5, 5.41) is 9.90. The Morgan fingerprint density at radius 3 is 2.86 bits per heavy atom. The summed E-state index contributed by atoms with van der Waals surface area (Å²) in [6.07, 6.45) is 1.95. The largest absolute Gasteiger partial charge is 0.507 e. The number of rotatable bonds is 4. The number of aryl methyl sites for hydroxylation is 1. The van der Waals surface area contributed by atoms with Gasteiger partial charge in [-0.15, -0.1) is 0 Å². The normalized spacial score (nSPS) is 16.8. The first kappa shape index (κ1) is 15.8. The molecule has 1 saturated heterocycles. The van der Waals surface area contributed by atoms with Crippen molar-refractivity contribution in [1.29, 1.82) is 0 Å². The fourth-order valence-corrected chi connectivity index (χ4v) is 2.70. The van der Waals surface area contributed by atoms with E-state index in [2.05, 4.69) is 4.90 Å². The van der Waals surface area contributed by atoms with E-state index < -0.39 is 0 Å². The van der Waals surface area contributed by atoms with Gasteiger partial charge >= 0.3 is 0 Å². The number of carbonyl (C=O) groups is 1. The van der Waals surface area contributed by atoms with Crippen LogP contribution >= 0.6 is 0 Å². The molecule has 0 aliphatic carbocycles. The number of carbonyl (C=O) groups excluding carboxylic acids is 1. The Bertz CT molecular complexity index is 490. The molecule has 1 amide bonds. The number of hydrogen-bond donors (Lipinski definition) is 2. The lowest BCUT2D eigenvalue weighted by molar-refractivity contribution is 0.0758. The standard InChI is InChI=1S/C16H25N3O2/c1-13-4-5-15(20)14(12-13)16(21)19-9-3-8-18(10-11-19)7-2-6-17/h4-5,12,20H,2-3,6-11,17H2,1H3. The van der Waals surface area contributed by atoms with Gasteiger partial charge in [-0.25, -0.2) is 0 Å². The fourth-order valence-electron chi connectivity index (χ4n) is 2.70. The minimum Gasteiger partial charge on any atom is -0.507 e. The topological polar surface area (TPSA) is 69.8 Å². The molecule has 5 nitrogen and oxygen atoms in total. The molecule has 116 valence electrons. The van der Waals surface area contributed by atoms with Crippen LogP contribution in [0.1, 0.15) is 28.8 Å². The maximum absolute atomic E-state index is 12.6. The van der Waals surface area contributed by atoms with E-state index in [9.17, 15) is 9.90 Å². The highest BCUT2D eigenvalue weighted by atomic mass is 16.3. The Morgan fingerprint density at radius 2 is 2.10 bits per heavy atom. The molecular weight excluding hydrogens is 266 g/mol. The number of aromatic hydroxyl groups is 1. The average Bonchev–Trinajstić information content (AvgIpc) is 2.72. The number of nitrogens with zero attached hydrogens (tertiary/aromatic N) is 2. The molecule has 0 aromatic heterocycles. The van der Waals surface area contributed by atoms with Crippen molar-refractivity contribution in [3.63, 3.8) is 0 Å². The van der Waals surface area contributed by atoms with E-state index in [0.717, 1.165) is 44.6 Å². The first-order chi connectivity index (χ1) is 10.1. The van der Waals surface area contributed by atoms with Gasteiger partial charge in [-0.1, -0.05) is 11.6 Å². The average molecular weight is 291 g/mol. The number of phenolic OH excluding ortho intramolecular Hbond substituents is 1. The van der Waals surface area contributed by atoms with Crippen LogP contribution < -0.4 is 5.73 Å². The molecule has 0 spiro atoms. The molecule has 5 heteroatoms. The van der Waals surface area contributed by atoms with Gasteiger partial charge in [0.05, 0.1) is 5.56 Å². The van der Waals surface area contributed by atoms with Crippen LogP contribution in [0.5, 0.6) is 5.75 Å². The highest BCUT2D eigenvalue weighted by molar-refractivity contribution is 5.97. The van der Waals surface area contributed by atoms with Gasteiger partial charge in [-0.3, -0.25) is 4.79 Å². The third-order valence-electron chi connectivity index (χ3n) is 3.94. The lowest BCUT2D eigenvalue weighted by atomic mass is 10.1. The lowest BCUT2D eigenvalue weighted by Crippen LogP contribution is -2.35. The van der Waals surface area contributed by atoms with Gasteiger partial charge in [0.2, 0.25) is 0 Å². The fraction of sp³-hybridized carbons (Fsp3) is 0.562. The van der Waals surface area contributed by atoms with Gasteiger partial charge in [0.25, 0.3) is 5.91 Å². The predicted molar refractivity (Wildman–Crippen MR) is 83.5 cm³/mol. The van der Waals surface area contributed by atoms with E-state index in [1.165, 1.54) is 0 Å². The number of amides is 1. The molecule has 0 unspecified atom stereocenters. The van der Waals surface area contributed by atoms with Crippen LogP contribution in [0.2, 0.25) is 0 Å². The molecule has 1 heterocycles. The van der Waals surface area contributed by atoms with E-state index in [1.54, 1.807) is 12.1 Å². The Labute approximate surface area is 126 Å². The summed E-state index contributed by atoms with van der Waals surface area (Å²) < 4.78 is 0. The van der Waals surface area contributed by atoms with Gasteiger partial charge < -0.3 is 20.6 Å². The Balaban J connectivity index is 2.01. The van der Waals surface area contributed by atoms with Gasteiger partial charge in [0.15, 0.2) is 0 Å². The summed E-state index contributed by atoms with van der Waals surface area (Å²) in [7, 11) is 0. The molecule has 2 rings (SSSR count). The molecule has 0 atom stereocenters. The molecule has 1 aliphatic heterocycles. The third-order valence-corrected chi connectivity index (χ3v) is 3.94. The van der Waals surface area contributed by atoms with Crippen molar-refractivity contribution in [3.05, 3.63) is 29.3 Å². The number of nitrogens with two attached hydrogens (primary N) is 1. The summed E-state index contributed by atoms with van der Waals surface area (Å²) in [5.74, 6) is -0.00768. The van der Waals surface area contributed by atoms with Crippen molar-refractivity contribution in [3.8, 4) is 5.75 Å². The second kappa shape index (κ2) is 7.43. The highest BCUT2D eigenvalue weighted by Gasteiger charge is 2.22. The van der Waals surface area contributed by atoms with Gasteiger partial charge in [-0.05, 0) is 51.5 Å². The molecule has 0 radical (unpaired) electrons. The monoisotopic (exact) mass is 291 g/mol. The third kappa shape index (κ3) is 4.19. The van der Waals surface area contributed by atoms with Crippen molar-refractivity contribution in [2.75, 3.05) is 39.3 Å². The zero-order valence-electron chi connectivity index (χ0n) is 12.7. The Morgan fingerprint density at radius 1 is 1.29 bits per heavy atom. The van der Waals surface area contributed by atoms with Crippen molar-refractivity contribution in [2.45, 2.75) is 19.8 Å². The molecule has 0 saturated carbocycles. The van der Waals surface area contributed by atoms with E-state index >= 15 is 0 Å². The van der Waals surface area contributed by atoms with Crippen LogP contribution in [0.4, 0.5) is 0 Å². The second-order valence-electron chi connectivity index (χ2n) is 5.65. The minimum atomic E-state index is -0.0723. The van der Waals surface area contributed by atoms with Crippen molar-refractivity contribution >= 4 is 5.91 Å². The van der Waals surface area contributed by atoms with Crippen molar-refractivity contribution in [2.24, 2.45) is 5.73 Å². The minimum absolute atomic E-state index is 0.0647. The van der Waals surface area contributed by atoms with Crippen LogP contribution in [-0.4, -0.2) is 60.1 Å².